The standard InChI is InChI=1S/C22H26ClN5O/c1-15(2)14-20-25-19-8-5-11-24-21(19)28(20)16-9-12-27(13-10-16)22(29)26-18-7-4-3-6-17(18)23/h3-8,11,15-16H,9-10,12-14H2,1-2H3,(H,26,29). The number of para-hydroxylation sites is 1. The Morgan fingerprint density at radius 2 is 1.97 bits per heavy atom. The summed E-state index contributed by atoms with van der Waals surface area (Å²) >= 11 is 6.16. The van der Waals surface area contributed by atoms with Gasteiger partial charge in [-0.2, -0.15) is 0 Å². The molecule has 0 bridgehead atoms. The molecule has 1 N–H and O–H groups in total. The van der Waals surface area contributed by atoms with Gasteiger partial charge in [-0.3, -0.25) is 0 Å². The van der Waals surface area contributed by atoms with Crippen LogP contribution < -0.4 is 5.32 Å². The van der Waals surface area contributed by atoms with Gasteiger partial charge in [0.25, 0.3) is 0 Å². The molecule has 1 saturated heterocycles. The number of imidazole rings is 1. The van der Waals surface area contributed by atoms with E-state index < -0.39 is 0 Å². The number of nitrogens with one attached hydrogen (secondary N) is 1. The number of halogens is 1. The molecule has 0 aliphatic carbocycles. The van der Waals surface area contributed by atoms with Crippen molar-refractivity contribution in [3.63, 3.8) is 0 Å². The molecule has 6 nitrogen and oxygen atoms in total. The molecule has 2 aromatic heterocycles. The first-order valence-corrected chi connectivity index (χ1v) is 10.5. The number of hydrogen-bond acceptors (Lipinski definition) is 3. The van der Waals surface area contributed by atoms with Crippen LogP contribution in [0, 0.1) is 5.92 Å². The number of rotatable bonds is 4. The second kappa shape index (κ2) is 8.41. The molecule has 3 aromatic rings. The zero-order valence-corrected chi connectivity index (χ0v) is 17.6. The number of hydrogen-bond donors (Lipinski definition) is 1. The van der Waals surface area contributed by atoms with Crippen LogP contribution in [-0.2, 0) is 6.42 Å². The lowest BCUT2D eigenvalue weighted by Crippen LogP contribution is -2.41. The fourth-order valence-electron chi connectivity index (χ4n) is 3.95. The van der Waals surface area contributed by atoms with Crippen LogP contribution in [0.5, 0.6) is 0 Å². The molecule has 2 amide bonds. The second-order valence-electron chi connectivity index (χ2n) is 7.97. The van der Waals surface area contributed by atoms with Gasteiger partial charge in [0.15, 0.2) is 5.65 Å². The highest BCUT2D eigenvalue weighted by atomic mass is 35.5. The highest BCUT2D eigenvalue weighted by molar-refractivity contribution is 6.33. The predicted molar refractivity (Wildman–Crippen MR) is 116 cm³/mol. The van der Waals surface area contributed by atoms with Gasteiger partial charge in [0, 0.05) is 31.7 Å². The Balaban J connectivity index is 1.48. The fourth-order valence-corrected chi connectivity index (χ4v) is 4.14. The first-order chi connectivity index (χ1) is 14.0. The molecule has 1 fully saturated rings. The summed E-state index contributed by atoms with van der Waals surface area (Å²) in [5, 5.41) is 3.47. The Labute approximate surface area is 175 Å². The minimum atomic E-state index is -0.104. The summed E-state index contributed by atoms with van der Waals surface area (Å²) in [6.07, 6.45) is 4.50. The number of pyridine rings is 1. The van der Waals surface area contributed by atoms with Crippen LogP contribution in [0.1, 0.15) is 38.6 Å². The maximum Gasteiger partial charge on any atom is 0.321 e. The number of benzene rings is 1. The SMILES string of the molecule is CC(C)Cc1nc2cccnc2n1C1CCN(C(=O)Nc2ccccc2Cl)CC1. The van der Waals surface area contributed by atoms with E-state index in [1.165, 1.54) is 0 Å². The quantitative estimate of drug-likeness (QED) is 0.645. The largest absolute Gasteiger partial charge is 0.324 e. The second-order valence-corrected chi connectivity index (χ2v) is 8.38. The topological polar surface area (TPSA) is 63.1 Å². The van der Waals surface area contributed by atoms with Crippen molar-refractivity contribution in [3.8, 4) is 0 Å². The zero-order chi connectivity index (χ0) is 20.4. The first-order valence-electron chi connectivity index (χ1n) is 10.1. The molecule has 7 heteroatoms. The molecule has 0 spiro atoms. The van der Waals surface area contributed by atoms with Gasteiger partial charge in [-0.25, -0.2) is 14.8 Å². The Kier molecular flexibility index (Phi) is 5.72. The van der Waals surface area contributed by atoms with Crippen LogP contribution in [0.25, 0.3) is 11.2 Å². The highest BCUT2D eigenvalue weighted by Gasteiger charge is 2.27. The normalized spacial score (nSPS) is 15.2. The van der Waals surface area contributed by atoms with Gasteiger partial charge in [0.1, 0.15) is 11.3 Å². The Hall–Kier alpha value is -2.60. The van der Waals surface area contributed by atoms with Gasteiger partial charge >= 0.3 is 6.03 Å². The number of carbonyl (C=O) groups is 1. The van der Waals surface area contributed by atoms with Gasteiger partial charge in [-0.15, -0.1) is 0 Å². The van der Waals surface area contributed by atoms with E-state index in [1.807, 2.05) is 41.4 Å². The van der Waals surface area contributed by atoms with Crippen LogP contribution in [0.15, 0.2) is 42.6 Å². The van der Waals surface area contributed by atoms with E-state index in [2.05, 4.69) is 28.7 Å². The van der Waals surface area contributed by atoms with E-state index in [0.717, 1.165) is 36.3 Å². The van der Waals surface area contributed by atoms with Crippen molar-refractivity contribution in [1.29, 1.82) is 0 Å². The Morgan fingerprint density at radius 1 is 1.21 bits per heavy atom. The van der Waals surface area contributed by atoms with Gasteiger partial charge in [0.2, 0.25) is 0 Å². The van der Waals surface area contributed by atoms with E-state index in [0.29, 0.717) is 35.8 Å². The highest BCUT2D eigenvalue weighted by Crippen LogP contribution is 2.29. The van der Waals surface area contributed by atoms with Crippen molar-refractivity contribution < 1.29 is 4.79 Å². The van der Waals surface area contributed by atoms with Crippen molar-refractivity contribution in [1.82, 2.24) is 19.4 Å². The molecule has 0 saturated carbocycles. The molecule has 0 atom stereocenters. The zero-order valence-electron chi connectivity index (χ0n) is 16.8. The number of carbonyl (C=O) groups excluding carboxylic acids is 1. The molecule has 1 aliphatic rings. The first kappa shape index (κ1) is 19.7. The molecule has 29 heavy (non-hydrogen) atoms. The summed E-state index contributed by atoms with van der Waals surface area (Å²) in [4.78, 5) is 24.0. The van der Waals surface area contributed by atoms with Gasteiger partial charge < -0.3 is 14.8 Å². The lowest BCUT2D eigenvalue weighted by molar-refractivity contribution is 0.183. The van der Waals surface area contributed by atoms with Crippen molar-refractivity contribution in [2.45, 2.75) is 39.2 Å². The summed E-state index contributed by atoms with van der Waals surface area (Å²) in [6, 6.07) is 11.4. The average molecular weight is 412 g/mol. The average Bonchev–Trinajstić information content (AvgIpc) is 3.07. The van der Waals surface area contributed by atoms with Crippen molar-refractivity contribution in [3.05, 3.63) is 53.4 Å². The Bertz CT molecular complexity index is 1010. The van der Waals surface area contributed by atoms with E-state index >= 15 is 0 Å². The lowest BCUT2D eigenvalue weighted by Gasteiger charge is -2.33. The smallest absolute Gasteiger partial charge is 0.321 e. The number of piperidine rings is 1. The molecular weight excluding hydrogens is 386 g/mol. The third-order valence-corrected chi connectivity index (χ3v) is 5.67. The number of fused-ring (bicyclic) bond motifs is 1. The summed E-state index contributed by atoms with van der Waals surface area (Å²) in [7, 11) is 0. The minimum Gasteiger partial charge on any atom is -0.324 e. The third kappa shape index (κ3) is 4.22. The maximum absolute atomic E-state index is 12.7. The monoisotopic (exact) mass is 411 g/mol. The van der Waals surface area contributed by atoms with Crippen LogP contribution in [-0.4, -0.2) is 38.6 Å². The summed E-state index contributed by atoms with van der Waals surface area (Å²) in [5.74, 6) is 1.61. The molecule has 1 aromatic carbocycles. The van der Waals surface area contributed by atoms with Crippen molar-refractivity contribution >= 4 is 34.5 Å². The van der Waals surface area contributed by atoms with E-state index in [1.54, 1.807) is 6.07 Å². The number of nitrogens with zero attached hydrogens (tertiary/aromatic N) is 4. The molecule has 0 radical (unpaired) electrons. The number of anilines is 1. The van der Waals surface area contributed by atoms with Gasteiger partial charge in [-0.05, 0) is 43.0 Å². The number of aromatic nitrogens is 3. The van der Waals surface area contributed by atoms with Crippen LogP contribution >= 0.6 is 11.6 Å². The van der Waals surface area contributed by atoms with Crippen LogP contribution in [0.4, 0.5) is 10.5 Å². The minimum absolute atomic E-state index is 0.104. The number of amides is 2. The number of likely N-dealkylation sites (tertiary alicyclic amines) is 1. The third-order valence-electron chi connectivity index (χ3n) is 5.34. The van der Waals surface area contributed by atoms with E-state index in [-0.39, 0.29) is 6.03 Å². The molecule has 4 rings (SSSR count). The molecule has 0 unspecified atom stereocenters. The molecule has 1 aliphatic heterocycles. The van der Waals surface area contributed by atoms with E-state index in [9.17, 15) is 4.79 Å². The van der Waals surface area contributed by atoms with Gasteiger partial charge in [-0.1, -0.05) is 37.6 Å². The van der Waals surface area contributed by atoms with Crippen LogP contribution in [0.2, 0.25) is 5.02 Å². The predicted octanol–water partition coefficient (Wildman–Crippen LogP) is 5.15. The van der Waals surface area contributed by atoms with Crippen molar-refractivity contribution in [2.75, 3.05) is 18.4 Å². The number of urea groups is 1. The Morgan fingerprint density at radius 3 is 2.69 bits per heavy atom. The van der Waals surface area contributed by atoms with E-state index in [4.69, 9.17) is 16.6 Å². The van der Waals surface area contributed by atoms with Crippen LogP contribution in [0.3, 0.4) is 0 Å². The molecule has 152 valence electrons. The maximum atomic E-state index is 12.7. The molecule has 3 heterocycles. The van der Waals surface area contributed by atoms with Crippen molar-refractivity contribution in [2.24, 2.45) is 5.92 Å². The summed E-state index contributed by atoms with van der Waals surface area (Å²) in [5.41, 5.74) is 2.54. The van der Waals surface area contributed by atoms with Gasteiger partial charge in [0.05, 0.1) is 10.7 Å². The summed E-state index contributed by atoms with van der Waals surface area (Å²) < 4.78 is 2.30. The molecular formula is C22H26ClN5O. The summed E-state index contributed by atoms with van der Waals surface area (Å²) in [6.45, 7) is 5.79. The lowest BCUT2D eigenvalue weighted by atomic mass is 10.0. The fraction of sp³-hybridized carbons (Fsp3) is 0.409.